The summed E-state index contributed by atoms with van der Waals surface area (Å²) in [6, 6.07) is 8.34. The third kappa shape index (κ3) is 1.95. The molecule has 0 amide bonds. The molecule has 0 saturated heterocycles. The van der Waals surface area contributed by atoms with Crippen molar-refractivity contribution < 1.29 is 13.2 Å². The first-order chi connectivity index (χ1) is 11.5. The van der Waals surface area contributed by atoms with Crippen LogP contribution >= 0.6 is 0 Å². The SMILES string of the molecule is C=CCC(C(=O)[C@]12CC[C@H]1[C@@H]1C=C[C@H]2C1)S(=O)(=O)c1ccccc1. The Morgan fingerprint density at radius 2 is 2.04 bits per heavy atom. The van der Waals surface area contributed by atoms with E-state index in [0.717, 1.165) is 19.3 Å². The van der Waals surface area contributed by atoms with Gasteiger partial charge >= 0.3 is 0 Å². The zero-order valence-electron chi connectivity index (χ0n) is 13.6. The molecule has 3 nitrogen and oxygen atoms in total. The zero-order chi connectivity index (χ0) is 16.9. The summed E-state index contributed by atoms with van der Waals surface area (Å²) >= 11 is 0. The predicted molar refractivity (Wildman–Crippen MR) is 93.1 cm³/mol. The van der Waals surface area contributed by atoms with Gasteiger partial charge in [-0.15, -0.1) is 6.58 Å². The van der Waals surface area contributed by atoms with Gasteiger partial charge in [0.25, 0.3) is 0 Å². The van der Waals surface area contributed by atoms with E-state index in [9.17, 15) is 13.2 Å². The van der Waals surface area contributed by atoms with Crippen molar-refractivity contribution in [1.82, 2.24) is 0 Å². The molecule has 2 fully saturated rings. The number of carbonyl (C=O) groups is 1. The summed E-state index contributed by atoms with van der Waals surface area (Å²) < 4.78 is 26.2. The van der Waals surface area contributed by atoms with E-state index in [1.165, 1.54) is 0 Å². The molecule has 0 heterocycles. The number of sulfone groups is 1. The first-order valence-corrected chi connectivity index (χ1v) is 10.2. The van der Waals surface area contributed by atoms with Crippen molar-refractivity contribution in [3.63, 3.8) is 0 Å². The van der Waals surface area contributed by atoms with E-state index in [-0.39, 0.29) is 23.0 Å². The van der Waals surface area contributed by atoms with Crippen molar-refractivity contribution >= 4 is 15.6 Å². The number of ketones is 1. The largest absolute Gasteiger partial charge is 0.298 e. The van der Waals surface area contributed by atoms with Crippen molar-refractivity contribution in [3.8, 4) is 0 Å². The lowest BCUT2D eigenvalue weighted by Gasteiger charge is -2.50. The number of Topliss-reactive ketones (excluding diaryl/α,β-unsaturated/α-hetero) is 1. The summed E-state index contributed by atoms with van der Waals surface area (Å²) in [6.45, 7) is 3.69. The van der Waals surface area contributed by atoms with E-state index in [4.69, 9.17) is 0 Å². The molecule has 0 spiro atoms. The minimum atomic E-state index is -3.69. The van der Waals surface area contributed by atoms with E-state index < -0.39 is 20.5 Å². The van der Waals surface area contributed by atoms with E-state index in [1.807, 2.05) is 0 Å². The highest BCUT2D eigenvalue weighted by molar-refractivity contribution is 7.92. The Morgan fingerprint density at radius 3 is 2.62 bits per heavy atom. The van der Waals surface area contributed by atoms with Gasteiger partial charge in [-0.3, -0.25) is 4.79 Å². The molecule has 4 rings (SSSR count). The third-order valence-corrected chi connectivity index (χ3v) is 8.49. The second kappa shape index (κ2) is 5.41. The minimum Gasteiger partial charge on any atom is -0.298 e. The van der Waals surface area contributed by atoms with Crippen molar-refractivity contribution in [1.29, 1.82) is 0 Å². The highest BCUT2D eigenvalue weighted by atomic mass is 32.2. The van der Waals surface area contributed by atoms with Crippen LogP contribution in [0.1, 0.15) is 25.7 Å². The highest BCUT2D eigenvalue weighted by Gasteiger charge is 2.66. The fourth-order valence-corrected chi connectivity index (χ4v) is 6.93. The summed E-state index contributed by atoms with van der Waals surface area (Å²) in [6.07, 6.45) is 9.03. The fraction of sp³-hybridized carbons (Fsp3) is 0.450. The van der Waals surface area contributed by atoms with Gasteiger partial charge in [0.1, 0.15) is 5.25 Å². The molecule has 1 unspecified atom stereocenters. The lowest BCUT2D eigenvalue weighted by molar-refractivity contribution is -0.140. The number of allylic oxidation sites excluding steroid dienone is 3. The van der Waals surface area contributed by atoms with Gasteiger partial charge in [0, 0.05) is 5.41 Å². The van der Waals surface area contributed by atoms with Gasteiger partial charge in [-0.2, -0.15) is 0 Å². The number of carbonyl (C=O) groups excluding carboxylic acids is 1. The van der Waals surface area contributed by atoms with E-state index >= 15 is 0 Å². The Bertz CT molecular complexity index is 809. The van der Waals surface area contributed by atoms with Crippen LogP contribution in [0.2, 0.25) is 0 Å². The van der Waals surface area contributed by atoms with Crippen molar-refractivity contribution in [3.05, 3.63) is 55.1 Å². The molecule has 1 aromatic rings. The summed E-state index contributed by atoms with van der Waals surface area (Å²) in [5, 5.41) is -1.01. The Labute approximate surface area is 143 Å². The third-order valence-electron chi connectivity index (χ3n) is 6.40. The molecule has 4 heteroatoms. The average Bonchev–Trinajstić information content (AvgIpc) is 3.08. The molecule has 126 valence electrons. The van der Waals surface area contributed by atoms with Crippen LogP contribution in [0.25, 0.3) is 0 Å². The van der Waals surface area contributed by atoms with Crippen LogP contribution in [0.15, 0.2) is 60.0 Å². The summed E-state index contributed by atoms with van der Waals surface area (Å²) in [7, 11) is -3.69. The van der Waals surface area contributed by atoms with Gasteiger partial charge in [-0.1, -0.05) is 36.4 Å². The van der Waals surface area contributed by atoms with Gasteiger partial charge in [0.15, 0.2) is 15.6 Å². The van der Waals surface area contributed by atoms with Crippen LogP contribution in [0, 0.1) is 23.2 Å². The highest BCUT2D eigenvalue weighted by Crippen LogP contribution is 2.67. The van der Waals surface area contributed by atoms with E-state index in [1.54, 1.807) is 36.4 Å². The summed E-state index contributed by atoms with van der Waals surface area (Å²) in [4.78, 5) is 13.7. The van der Waals surface area contributed by atoms with Crippen molar-refractivity contribution in [2.75, 3.05) is 0 Å². The average molecular weight is 342 g/mol. The maximum Gasteiger partial charge on any atom is 0.188 e. The molecule has 24 heavy (non-hydrogen) atoms. The maximum atomic E-state index is 13.5. The molecule has 0 aromatic heterocycles. The van der Waals surface area contributed by atoms with Gasteiger partial charge in [0.2, 0.25) is 0 Å². The molecule has 0 N–H and O–H groups in total. The first-order valence-electron chi connectivity index (χ1n) is 8.64. The predicted octanol–water partition coefficient (Wildman–Crippen LogP) is 3.58. The monoisotopic (exact) mass is 342 g/mol. The van der Waals surface area contributed by atoms with Crippen LogP contribution in [-0.4, -0.2) is 19.5 Å². The molecule has 1 aromatic carbocycles. The van der Waals surface area contributed by atoms with Crippen LogP contribution in [0.3, 0.4) is 0 Å². The van der Waals surface area contributed by atoms with Gasteiger partial charge < -0.3 is 0 Å². The fourth-order valence-electron chi connectivity index (χ4n) is 5.17. The van der Waals surface area contributed by atoms with Crippen molar-refractivity contribution in [2.24, 2.45) is 23.2 Å². The molecule has 0 aliphatic heterocycles. The number of hydrogen-bond acceptors (Lipinski definition) is 3. The van der Waals surface area contributed by atoms with E-state index in [0.29, 0.717) is 11.8 Å². The van der Waals surface area contributed by atoms with Gasteiger partial charge in [-0.05, 0) is 55.6 Å². The van der Waals surface area contributed by atoms with E-state index in [2.05, 4.69) is 18.7 Å². The van der Waals surface area contributed by atoms with Gasteiger partial charge in [-0.25, -0.2) is 8.42 Å². The lowest BCUT2D eigenvalue weighted by atomic mass is 9.53. The molecule has 2 bridgehead atoms. The molecular formula is C20H22O3S. The lowest BCUT2D eigenvalue weighted by Crippen LogP contribution is -2.54. The normalized spacial score (nSPS) is 34.4. The first kappa shape index (κ1) is 15.8. The van der Waals surface area contributed by atoms with Gasteiger partial charge in [0.05, 0.1) is 4.90 Å². The summed E-state index contributed by atoms with van der Waals surface area (Å²) in [5.74, 6) is 0.973. The number of rotatable bonds is 6. The Kier molecular flexibility index (Phi) is 3.57. The number of hydrogen-bond donors (Lipinski definition) is 0. The smallest absolute Gasteiger partial charge is 0.188 e. The molecule has 3 aliphatic carbocycles. The zero-order valence-corrected chi connectivity index (χ0v) is 14.4. The maximum absolute atomic E-state index is 13.5. The Balaban J connectivity index is 1.73. The van der Waals surface area contributed by atoms with Crippen molar-refractivity contribution in [2.45, 2.75) is 35.8 Å². The Morgan fingerprint density at radius 1 is 1.29 bits per heavy atom. The van der Waals surface area contributed by atoms with Crippen LogP contribution in [0.5, 0.6) is 0 Å². The topological polar surface area (TPSA) is 51.2 Å². The Hall–Kier alpha value is -1.68. The van der Waals surface area contributed by atoms with Crippen LogP contribution in [0.4, 0.5) is 0 Å². The number of benzene rings is 1. The quantitative estimate of drug-likeness (QED) is 0.743. The minimum absolute atomic E-state index is 0.0700. The van der Waals surface area contributed by atoms with Crippen LogP contribution < -0.4 is 0 Å². The number of fused-ring (bicyclic) bond motifs is 5. The molecule has 3 aliphatic rings. The standard InChI is InChI=1S/C20H22O3S/c1-2-6-18(24(22,23)16-7-4-3-5-8-16)19(21)20-12-11-17(20)14-9-10-15(20)13-14/h2-5,7-10,14-15,17-18H,1,6,11-13H2/t14-,15+,17+,18?,20+/m1/s1. The molecule has 5 atom stereocenters. The molecular weight excluding hydrogens is 320 g/mol. The molecule has 2 saturated carbocycles. The van der Waals surface area contributed by atoms with Crippen LogP contribution in [-0.2, 0) is 14.6 Å². The molecule has 0 radical (unpaired) electrons. The second-order valence-corrected chi connectivity index (χ2v) is 9.44. The summed E-state index contributed by atoms with van der Waals surface area (Å²) in [5.41, 5.74) is -0.436. The second-order valence-electron chi connectivity index (χ2n) is 7.31.